The summed E-state index contributed by atoms with van der Waals surface area (Å²) in [6, 6.07) is 0.439. The molecule has 0 saturated heterocycles. The monoisotopic (exact) mass is 221 g/mol. The van der Waals surface area contributed by atoms with Gasteiger partial charge in [-0.3, -0.25) is 5.10 Å². The molecule has 0 spiro atoms. The van der Waals surface area contributed by atoms with Crippen molar-refractivity contribution in [3.8, 4) is 0 Å². The van der Waals surface area contributed by atoms with Crippen molar-refractivity contribution in [1.29, 1.82) is 0 Å². The second-order valence-electron chi connectivity index (χ2n) is 2.42. The molecule has 3 nitrogen and oxygen atoms in total. The lowest BCUT2D eigenvalue weighted by Gasteiger charge is -2.09. The molecule has 6 heteroatoms. The van der Waals surface area contributed by atoms with Crippen LogP contribution in [0.5, 0.6) is 0 Å². The predicted molar refractivity (Wildman–Crippen MR) is 58.8 cm³/mol. The van der Waals surface area contributed by atoms with Crippen molar-refractivity contribution in [2.45, 2.75) is 13.0 Å². The average molecular weight is 221 g/mol. The van der Waals surface area contributed by atoms with Crippen LogP contribution in [-0.2, 0) is 0 Å². The van der Waals surface area contributed by atoms with Crippen molar-refractivity contribution in [2.24, 2.45) is 0 Å². The molecule has 0 aromatic carbocycles. The summed E-state index contributed by atoms with van der Waals surface area (Å²) in [5.41, 5.74) is 0. The highest BCUT2D eigenvalue weighted by Crippen LogP contribution is 2.12. The lowest BCUT2D eigenvalue weighted by atomic mass is 10.4. The number of nitrogens with zero attached hydrogens (tertiary/aromatic N) is 1. The van der Waals surface area contributed by atoms with Gasteiger partial charge in [0.15, 0.2) is 3.95 Å². The van der Waals surface area contributed by atoms with Gasteiger partial charge >= 0.3 is 0 Å². The molecule has 1 aromatic heterocycles. The average Bonchev–Trinajstić information content (AvgIpc) is 2.36. The van der Waals surface area contributed by atoms with E-state index in [1.54, 1.807) is 0 Å². The normalized spacial score (nSPS) is 12.8. The molecule has 0 aliphatic heterocycles. The van der Waals surface area contributed by atoms with Crippen molar-refractivity contribution in [3.63, 3.8) is 0 Å². The maximum Gasteiger partial charge on any atom is 0.204 e. The molecule has 0 aliphatic rings. The van der Waals surface area contributed by atoms with E-state index in [0.717, 1.165) is 10.9 Å². The Morgan fingerprint density at radius 3 is 3.08 bits per heavy atom. The molecule has 1 heterocycles. The standard InChI is InChI=1S/C6H11N3S3/c1-4(3-11-2)7-5-8-9-6(10)12-5/h4H,3H2,1-2H3,(H,7,8)(H,9,10). The molecule has 1 unspecified atom stereocenters. The van der Waals surface area contributed by atoms with Crippen molar-refractivity contribution in [1.82, 2.24) is 10.2 Å². The minimum absolute atomic E-state index is 0.439. The second-order valence-corrected chi connectivity index (χ2v) is 5.00. The van der Waals surface area contributed by atoms with E-state index in [1.807, 2.05) is 11.8 Å². The van der Waals surface area contributed by atoms with Crippen molar-refractivity contribution in [3.05, 3.63) is 3.95 Å². The summed E-state index contributed by atoms with van der Waals surface area (Å²) in [7, 11) is 0. The first-order valence-electron chi connectivity index (χ1n) is 3.53. The van der Waals surface area contributed by atoms with Crippen LogP contribution in [0.2, 0.25) is 0 Å². The van der Waals surface area contributed by atoms with Gasteiger partial charge in [0.2, 0.25) is 5.13 Å². The highest BCUT2D eigenvalue weighted by molar-refractivity contribution is 7.98. The number of aromatic amines is 1. The van der Waals surface area contributed by atoms with Crippen molar-refractivity contribution < 1.29 is 0 Å². The van der Waals surface area contributed by atoms with Crippen LogP contribution in [-0.4, -0.2) is 28.2 Å². The highest BCUT2D eigenvalue weighted by Gasteiger charge is 2.02. The Kier molecular flexibility index (Phi) is 4.03. The molecule has 0 fully saturated rings. The predicted octanol–water partition coefficient (Wildman–Crippen LogP) is 2.36. The minimum atomic E-state index is 0.439. The zero-order chi connectivity index (χ0) is 8.97. The Bertz CT molecular complexity index is 280. The van der Waals surface area contributed by atoms with Gasteiger partial charge in [0.25, 0.3) is 0 Å². The molecule has 1 aromatic rings. The SMILES string of the molecule is CSCC(C)Nc1n[nH]c(=S)s1. The Morgan fingerprint density at radius 2 is 2.58 bits per heavy atom. The van der Waals surface area contributed by atoms with Gasteiger partial charge in [-0.2, -0.15) is 11.8 Å². The van der Waals surface area contributed by atoms with E-state index in [2.05, 4.69) is 28.7 Å². The summed E-state index contributed by atoms with van der Waals surface area (Å²) in [5, 5.41) is 10.9. The number of anilines is 1. The first-order valence-corrected chi connectivity index (χ1v) is 6.15. The lowest BCUT2D eigenvalue weighted by Crippen LogP contribution is -2.17. The van der Waals surface area contributed by atoms with Crippen LogP contribution in [0.25, 0.3) is 0 Å². The number of hydrogen-bond donors (Lipinski definition) is 2. The van der Waals surface area contributed by atoms with Gasteiger partial charge in [-0.15, -0.1) is 5.10 Å². The van der Waals surface area contributed by atoms with Crippen LogP contribution < -0.4 is 5.32 Å². The van der Waals surface area contributed by atoms with E-state index in [1.165, 1.54) is 11.3 Å². The van der Waals surface area contributed by atoms with E-state index < -0.39 is 0 Å². The summed E-state index contributed by atoms with van der Waals surface area (Å²) >= 11 is 8.19. The lowest BCUT2D eigenvalue weighted by molar-refractivity contribution is 0.900. The summed E-state index contributed by atoms with van der Waals surface area (Å²) in [6.07, 6.45) is 2.09. The van der Waals surface area contributed by atoms with Crippen LogP contribution in [0.4, 0.5) is 5.13 Å². The van der Waals surface area contributed by atoms with Gasteiger partial charge in [-0.1, -0.05) is 11.3 Å². The Balaban J connectivity index is 2.46. The molecule has 0 amide bonds. The van der Waals surface area contributed by atoms with E-state index >= 15 is 0 Å². The molecule has 0 radical (unpaired) electrons. The molecule has 0 saturated carbocycles. The molecule has 0 bridgehead atoms. The first-order chi connectivity index (χ1) is 5.72. The third-order valence-corrected chi connectivity index (χ3v) is 3.08. The van der Waals surface area contributed by atoms with Crippen molar-refractivity contribution >= 4 is 40.4 Å². The third kappa shape index (κ3) is 3.12. The molecule has 12 heavy (non-hydrogen) atoms. The molecular weight excluding hydrogens is 210 g/mol. The van der Waals surface area contributed by atoms with Gasteiger partial charge in [0.1, 0.15) is 0 Å². The maximum absolute atomic E-state index is 4.91. The topological polar surface area (TPSA) is 40.7 Å². The summed E-state index contributed by atoms with van der Waals surface area (Å²) < 4.78 is 0.717. The zero-order valence-electron chi connectivity index (χ0n) is 6.96. The summed E-state index contributed by atoms with van der Waals surface area (Å²) in [5.74, 6) is 1.08. The molecule has 2 N–H and O–H groups in total. The van der Waals surface area contributed by atoms with Gasteiger partial charge in [-0.05, 0) is 25.4 Å². The molecule has 68 valence electrons. The minimum Gasteiger partial charge on any atom is -0.357 e. The number of rotatable bonds is 4. The van der Waals surface area contributed by atoms with E-state index in [0.29, 0.717) is 10.00 Å². The molecule has 1 rings (SSSR count). The molecular formula is C6H11N3S3. The van der Waals surface area contributed by atoms with Gasteiger partial charge in [0.05, 0.1) is 0 Å². The number of H-pyrrole nitrogens is 1. The second kappa shape index (κ2) is 4.84. The van der Waals surface area contributed by atoms with E-state index in [4.69, 9.17) is 12.2 Å². The Labute approximate surface area is 85.0 Å². The number of nitrogens with one attached hydrogen (secondary N) is 2. The number of hydrogen-bond acceptors (Lipinski definition) is 5. The largest absolute Gasteiger partial charge is 0.357 e. The smallest absolute Gasteiger partial charge is 0.204 e. The van der Waals surface area contributed by atoms with Gasteiger partial charge in [0, 0.05) is 11.8 Å². The maximum atomic E-state index is 4.91. The van der Waals surface area contributed by atoms with Crippen LogP contribution in [0.3, 0.4) is 0 Å². The zero-order valence-corrected chi connectivity index (χ0v) is 9.41. The van der Waals surface area contributed by atoms with E-state index in [9.17, 15) is 0 Å². The number of thioether (sulfide) groups is 1. The van der Waals surface area contributed by atoms with Crippen LogP contribution in [0, 0.1) is 3.95 Å². The number of aromatic nitrogens is 2. The fourth-order valence-corrected chi connectivity index (χ4v) is 2.28. The van der Waals surface area contributed by atoms with Gasteiger partial charge in [-0.25, -0.2) is 0 Å². The third-order valence-electron chi connectivity index (χ3n) is 1.22. The highest BCUT2D eigenvalue weighted by atomic mass is 32.2. The van der Waals surface area contributed by atoms with Crippen LogP contribution >= 0.6 is 35.3 Å². The first kappa shape index (κ1) is 10.0. The molecule has 0 aliphatic carbocycles. The van der Waals surface area contributed by atoms with Gasteiger partial charge < -0.3 is 5.32 Å². The Hall–Kier alpha value is -0.0700. The summed E-state index contributed by atoms with van der Waals surface area (Å²) in [4.78, 5) is 0. The fraction of sp³-hybridized carbons (Fsp3) is 0.667. The molecule has 1 atom stereocenters. The fourth-order valence-electron chi connectivity index (χ4n) is 0.794. The van der Waals surface area contributed by atoms with Crippen LogP contribution in [0.1, 0.15) is 6.92 Å². The quantitative estimate of drug-likeness (QED) is 0.766. The Morgan fingerprint density at radius 1 is 1.83 bits per heavy atom. The van der Waals surface area contributed by atoms with E-state index in [-0.39, 0.29) is 0 Å². The van der Waals surface area contributed by atoms with Crippen molar-refractivity contribution in [2.75, 3.05) is 17.3 Å². The summed E-state index contributed by atoms with van der Waals surface area (Å²) in [6.45, 7) is 2.13. The van der Waals surface area contributed by atoms with Crippen LogP contribution in [0.15, 0.2) is 0 Å².